The summed E-state index contributed by atoms with van der Waals surface area (Å²) in [6.07, 6.45) is 3.88. The Hall–Kier alpha value is -1.63. The number of aryl methyl sites for hydroxylation is 1. The first-order valence-electron chi connectivity index (χ1n) is 6.24. The van der Waals surface area contributed by atoms with E-state index < -0.39 is 7.92 Å². The predicted molar refractivity (Wildman–Crippen MR) is 89.2 cm³/mol. The lowest BCUT2D eigenvalue weighted by atomic mass is 10.4. The zero-order valence-electron chi connectivity index (χ0n) is 11.2. The van der Waals surface area contributed by atoms with Gasteiger partial charge in [-0.25, -0.2) is 4.98 Å². The van der Waals surface area contributed by atoms with Gasteiger partial charge in [-0.1, -0.05) is 60.7 Å². The summed E-state index contributed by atoms with van der Waals surface area (Å²) in [6.45, 7) is 0. The molecule has 0 aliphatic heterocycles. The molecule has 0 radical (unpaired) electrons. The Morgan fingerprint density at radius 3 is 1.75 bits per heavy atom. The van der Waals surface area contributed by atoms with Crippen LogP contribution in [0.15, 0.2) is 73.1 Å². The summed E-state index contributed by atoms with van der Waals surface area (Å²) >= 11 is 0. The topological polar surface area (TPSA) is 17.8 Å². The number of halogens is 1. The largest absolute Gasteiger partial charge is 0.334 e. The first-order valence-corrected chi connectivity index (χ1v) is 7.58. The van der Waals surface area contributed by atoms with Crippen LogP contribution in [-0.4, -0.2) is 9.55 Å². The zero-order valence-corrected chi connectivity index (χ0v) is 12.9. The summed E-state index contributed by atoms with van der Waals surface area (Å²) in [7, 11) is 1.48. The van der Waals surface area contributed by atoms with E-state index in [0.717, 1.165) is 5.57 Å². The Morgan fingerprint density at radius 1 is 0.850 bits per heavy atom. The molecule has 0 atom stereocenters. The Balaban J connectivity index is 0.00000147. The molecule has 0 N–H and O–H groups in total. The normalized spacial score (nSPS) is 10.3. The molecule has 102 valence electrons. The summed E-state index contributed by atoms with van der Waals surface area (Å²) in [5.74, 6) is 0. The molecule has 0 aliphatic carbocycles. The van der Waals surface area contributed by atoms with Gasteiger partial charge in [0.05, 0.1) is 0 Å². The minimum absolute atomic E-state index is 0. The van der Waals surface area contributed by atoms with Crippen LogP contribution in [0.1, 0.15) is 0 Å². The van der Waals surface area contributed by atoms with Gasteiger partial charge in [-0.05, 0) is 10.6 Å². The highest BCUT2D eigenvalue weighted by molar-refractivity contribution is 7.79. The Labute approximate surface area is 126 Å². The quantitative estimate of drug-likeness (QED) is 0.680. The maximum Gasteiger partial charge on any atom is 0.140 e. The molecule has 0 spiro atoms. The van der Waals surface area contributed by atoms with Crippen LogP contribution in [-0.2, 0) is 7.05 Å². The Bertz CT molecular complexity index is 613. The maximum absolute atomic E-state index is 4.56. The molecule has 3 rings (SSSR count). The van der Waals surface area contributed by atoms with Crippen molar-refractivity contribution in [2.24, 2.45) is 7.05 Å². The van der Waals surface area contributed by atoms with Gasteiger partial charge in [0, 0.05) is 27.4 Å². The van der Waals surface area contributed by atoms with Crippen LogP contribution in [0.25, 0.3) is 0 Å². The van der Waals surface area contributed by atoms with Crippen LogP contribution in [0.2, 0.25) is 0 Å². The maximum atomic E-state index is 4.56. The second-order valence-electron chi connectivity index (χ2n) is 4.34. The number of rotatable bonds is 3. The number of nitrogens with zero attached hydrogens (tertiary/aromatic N) is 2. The van der Waals surface area contributed by atoms with Gasteiger partial charge < -0.3 is 4.57 Å². The van der Waals surface area contributed by atoms with Gasteiger partial charge in [0.15, 0.2) is 0 Å². The summed E-state index contributed by atoms with van der Waals surface area (Å²) in [5, 5.41) is 2.66. The van der Waals surface area contributed by atoms with Crippen LogP contribution < -0.4 is 16.2 Å². The third kappa shape index (κ3) is 2.92. The average Bonchev–Trinajstić information content (AvgIpc) is 2.88. The van der Waals surface area contributed by atoms with E-state index >= 15 is 0 Å². The van der Waals surface area contributed by atoms with Crippen molar-refractivity contribution in [1.82, 2.24) is 9.55 Å². The van der Waals surface area contributed by atoms with E-state index in [1.165, 1.54) is 10.6 Å². The SMILES string of the molecule is Cl.Cn1ccnc1P(c1ccccc1)c1ccccc1. The van der Waals surface area contributed by atoms with Crippen molar-refractivity contribution in [3.63, 3.8) is 0 Å². The molecule has 4 heteroatoms. The lowest BCUT2D eigenvalue weighted by molar-refractivity contribution is 0.952. The van der Waals surface area contributed by atoms with Crippen LogP contribution in [0.5, 0.6) is 0 Å². The second kappa shape index (κ2) is 6.69. The summed E-state index contributed by atoms with van der Waals surface area (Å²) in [5.41, 5.74) is 1.13. The van der Waals surface area contributed by atoms with Crippen molar-refractivity contribution in [2.45, 2.75) is 0 Å². The minimum Gasteiger partial charge on any atom is -0.334 e. The van der Waals surface area contributed by atoms with Gasteiger partial charge in [-0.3, -0.25) is 0 Å². The molecule has 0 saturated carbocycles. The van der Waals surface area contributed by atoms with Crippen molar-refractivity contribution < 1.29 is 0 Å². The van der Waals surface area contributed by atoms with E-state index in [9.17, 15) is 0 Å². The van der Waals surface area contributed by atoms with Gasteiger partial charge in [-0.2, -0.15) is 0 Å². The third-order valence-corrected chi connectivity index (χ3v) is 5.48. The molecule has 0 unspecified atom stereocenters. The number of imidazole rings is 1. The van der Waals surface area contributed by atoms with Gasteiger partial charge in [0.2, 0.25) is 0 Å². The molecule has 0 bridgehead atoms. The number of hydrogen-bond acceptors (Lipinski definition) is 1. The molecular weight excluding hydrogens is 287 g/mol. The van der Waals surface area contributed by atoms with Gasteiger partial charge >= 0.3 is 0 Å². The third-order valence-electron chi connectivity index (χ3n) is 3.02. The van der Waals surface area contributed by atoms with E-state index in [1.54, 1.807) is 0 Å². The van der Waals surface area contributed by atoms with Crippen LogP contribution in [0.3, 0.4) is 0 Å². The first kappa shape index (κ1) is 14.8. The number of benzene rings is 2. The molecule has 0 fully saturated rings. The van der Waals surface area contributed by atoms with Gasteiger partial charge in [0.25, 0.3) is 0 Å². The molecule has 0 saturated heterocycles. The van der Waals surface area contributed by atoms with Gasteiger partial charge in [0.1, 0.15) is 5.57 Å². The second-order valence-corrected chi connectivity index (χ2v) is 6.45. The van der Waals surface area contributed by atoms with E-state index in [0.29, 0.717) is 0 Å². The van der Waals surface area contributed by atoms with Crippen LogP contribution >= 0.6 is 20.3 Å². The monoisotopic (exact) mass is 302 g/mol. The van der Waals surface area contributed by atoms with Crippen molar-refractivity contribution in [3.8, 4) is 0 Å². The highest BCUT2D eigenvalue weighted by Crippen LogP contribution is 2.31. The van der Waals surface area contributed by atoms with Crippen molar-refractivity contribution >= 4 is 36.5 Å². The molecule has 1 aromatic heterocycles. The summed E-state index contributed by atoms with van der Waals surface area (Å²) < 4.78 is 2.12. The smallest absolute Gasteiger partial charge is 0.140 e. The van der Waals surface area contributed by atoms with E-state index in [4.69, 9.17) is 0 Å². The van der Waals surface area contributed by atoms with Crippen LogP contribution in [0, 0.1) is 0 Å². The Morgan fingerprint density at radius 2 is 1.35 bits per heavy atom. The van der Waals surface area contributed by atoms with Crippen molar-refractivity contribution in [3.05, 3.63) is 73.1 Å². The molecule has 0 amide bonds. The molecule has 1 heterocycles. The fourth-order valence-corrected chi connectivity index (χ4v) is 4.37. The van der Waals surface area contributed by atoms with E-state index in [1.807, 2.05) is 12.4 Å². The van der Waals surface area contributed by atoms with Crippen LogP contribution in [0.4, 0.5) is 0 Å². The summed E-state index contributed by atoms with van der Waals surface area (Å²) in [6, 6.07) is 21.2. The zero-order chi connectivity index (χ0) is 13.1. The number of hydrogen-bond donors (Lipinski definition) is 0. The molecule has 20 heavy (non-hydrogen) atoms. The van der Waals surface area contributed by atoms with Gasteiger partial charge in [-0.15, -0.1) is 12.4 Å². The molecule has 0 aliphatic rings. The highest BCUT2D eigenvalue weighted by atomic mass is 35.5. The fourth-order valence-electron chi connectivity index (χ4n) is 2.11. The molecular formula is C16H16ClN2P. The molecule has 2 nitrogen and oxygen atoms in total. The molecule has 2 aromatic carbocycles. The highest BCUT2D eigenvalue weighted by Gasteiger charge is 2.19. The molecule has 3 aromatic rings. The van der Waals surface area contributed by atoms with E-state index in [2.05, 4.69) is 77.3 Å². The lowest BCUT2D eigenvalue weighted by Gasteiger charge is -2.18. The van der Waals surface area contributed by atoms with Crippen molar-refractivity contribution in [1.29, 1.82) is 0 Å². The first-order chi connectivity index (χ1) is 9.36. The predicted octanol–water partition coefficient (Wildman–Crippen LogP) is 2.60. The standard InChI is InChI=1S/C16H15N2P.ClH/c1-18-13-12-17-16(18)19(14-8-4-2-5-9-14)15-10-6-3-7-11-15;/h2-13H,1H3;1H. The lowest BCUT2D eigenvalue weighted by Crippen LogP contribution is -2.26. The average molecular weight is 303 g/mol. The number of aromatic nitrogens is 2. The summed E-state index contributed by atoms with van der Waals surface area (Å²) in [4.78, 5) is 4.56. The van der Waals surface area contributed by atoms with E-state index in [-0.39, 0.29) is 12.4 Å². The minimum atomic E-state index is -0.578. The fraction of sp³-hybridized carbons (Fsp3) is 0.0625. The Kier molecular flexibility index (Phi) is 4.94. The van der Waals surface area contributed by atoms with Crippen molar-refractivity contribution in [2.75, 3.05) is 0 Å².